The van der Waals surface area contributed by atoms with Crippen LogP contribution in [-0.2, 0) is 15.7 Å². The highest BCUT2D eigenvalue weighted by Gasteiger charge is 2.32. The highest BCUT2D eigenvalue weighted by atomic mass is 19.4. The summed E-state index contributed by atoms with van der Waals surface area (Å²) in [6.45, 7) is 3.43. The molecule has 1 aromatic carbocycles. The van der Waals surface area contributed by atoms with E-state index in [1.165, 1.54) is 19.1 Å². The number of carbonyl (C=O) groups is 1. The first-order valence-corrected chi connectivity index (χ1v) is 5.82. The zero-order valence-electron chi connectivity index (χ0n) is 10.5. The number of allylic oxidation sites excluding steroid dienone is 1. The van der Waals surface area contributed by atoms with Crippen molar-refractivity contribution in [3.63, 3.8) is 0 Å². The maximum Gasteiger partial charge on any atom is 0.416 e. The van der Waals surface area contributed by atoms with Gasteiger partial charge in [0.25, 0.3) is 0 Å². The number of halogens is 3. The number of carbonyl (C=O) groups excluding carboxylic acids is 1. The Labute approximate surface area is 108 Å². The van der Waals surface area contributed by atoms with Crippen LogP contribution >= 0.6 is 0 Å². The van der Waals surface area contributed by atoms with E-state index in [1.54, 1.807) is 6.92 Å². The fraction of sp³-hybridized carbons (Fsp3) is 0.357. The molecule has 0 N–H and O–H groups in total. The molecule has 2 rings (SSSR count). The van der Waals surface area contributed by atoms with Gasteiger partial charge in [0.05, 0.1) is 12.2 Å². The number of hydrogen-bond acceptors (Lipinski definition) is 2. The molecule has 1 atom stereocenters. The topological polar surface area (TPSA) is 26.3 Å². The van der Waals surface area contributed by atoms with E-state index in [-0.39, 0.29) is 11.7 Å². The van der Waals surface area contributed by atoms with Gasteiger partial charge in [-0.3, -0.25) is 4.79 Å². The fourth-order valence-corrected chi connectivity index (χ4v) is 2.28. The van der Waals surface area contributed by atoms with Gasteiger partial charge in [0, 0.05) is 11.5 Å². The third-order valence-electron chi connectivity index (χ3n) is 3.21. The lowest BCUT2D eigenvalue weighted by molar-refractivity contribution is -0.137. The minimum Gasteiger partial charge on any atom is -0.497 e. The second-order valence-corrected chi connectivity index (χ2v) is 4.51. The van der Waals surface area contributed by atoms with Crippen molar-refractivity contribution < 1.29 is 22.7 Å². The zero-order chi connectivity index (χ0) is 14.2. The number of alkyl halides is 3. The summed E-state index contributed by atoms with van der Waals surface area (Å²) in [7, 11) is 0. The number of ketones is 1. The minimum absolute atomic E-state index is 0.111. The van der Waals surface area contributed by atoms with Crippen LogP contribution in [0.2, 0.25) is 0 Å². The van der Waals surface area contributed by atoms with Crippen LogP contribution in [0.25, 0.3) is 0 Å². The van der Waals surface area contributed by atoms with Crippen LogP contribution in [0.5, 0.6) is 0 Å². The van der Waals surface area contributed by atoms with Crippen molar-refractivity contribution >= 4 is 5.78 Å². The number of Topliss-reactive ketones (excluding diaryl/α,β-unsaturated/α-hetero) is 1. The standard InChI is InChI=1S/C14H13F3O2/c1-8(18)13-9(2)19-7-12(13)10-3-5-11(6-4-10)14(15,16)17/h3-6,12H,7H2,1-2H3. The molecular formula is C14H13F3O2. The molecule has 19 heavy (non-hydrogen) atoms. The van der Waals surface area contributed by atoms with Crippen LogP contribution in [0.15, 0.2) is 35.6 Å². The minimum atomic E-state index is -4.35. The maximum atomic E-state index is 12.5. The van der Waals surface area contributed by atoms with E-state index >= 15 is 0 Å². The molecule has 5 heteroatoms. The molecule has 2 nitrogen and oxygen atoms in total. The number of rotatable bonds is 2. The third kappa shape index (κ3) is 2.64. The summed E-state index contributed by atoms with van der Waals surface area (Å²) in [5.74, 6) is 0.164. The third-order valence-corrected chi connectivity index (χ3v) is 3.21. The Morgan fingerprint density at radius 3 is 2.32 bits per heavy atom. The highest BCUT2D eigenvalue weighted by Crippen LogP contribution is 2.36. The lowest BCUT2D eigenvalue weighted by atomic mass is 9.90. The summed E-state index contributed by atoms with van der Waals surface area (Å²) in [5.41, 5.74) is 0.509. The van der Waals surface area contributed by atoms with Crippen molar-refractivity contribution in [3.8, 4) is 0 Å². The van der Waals surface area contributed by atoms with E-state index in [9.17, 15) is 18.0 Å². The maximum absolute atomic E-state index is 12.5. The van der Waals surface area contributed by atoms with Gasteiger partial charge in [-0.15, -0.1) is 0 Å². The Morgan fingerprint density at radius 1 is 1.26 bits per heavy atom. The van der Waals surface area contributed by atoms with Crippen LogP contribution < -0.4 is 0 Å². The molecule has 102 valence electrons. The van der Waals surface area contributed by atoms with E-state index in [2.05, 4.69) is 0 Å². The molecule has 1 heterocycles. The molecule has 1 aliphatic heterocycles. The molecule has 0 fully saturated rings. The smallest absolute Gasteiger partial charge is 0.416 e. The van der Waals surface area contributed by atoms with Gasteiger partial charge in [-0.2, -0.15) is 13.2 Å². The average molecular weight is 270 g/mol. The summed E-state index contributed by atoms with van der Waals surface area (Å²) in [6, 6.07) is 4.86. The van der Waals surface area contributed by atoms with Crippen LogP contribution in [0, 0.1) is 0 Å². The average Bonchev–Trinajstić information content (AvgIpc) is 2.70. The van der Waals surface area contributed by atoms with Crippen LogP contribution in [-0.4, -0.2) is 12.4 Å². The van der Waals surface area contributed by atoms with Crippen molar-refractivity contribution in [1.82, 2.24) is 0 Å². The predicted octanol–water partition coefficient (Wildman–Crippen LogP) is 3.68. The lowest BCUT2D eigenvalue weighted by Crippen LogP contribution is -2.10. The summed E-state index contributed by atoms with van der Waals surface area (Å²) >= 11 is 0. The second kappa shape index (κ2) is 4.72. The van der Waals surface area contributed by atoms with E-state index < -0.39 is 11.7 Å². The summed E-state index contributed by atoms with van der Waals surface area (Å²) in [5, 5.41) is 0. The molecule has 0 amide bonds. The first-order valence-electron chi connectivity index (χ1n) is 5.82. The molecule has 0 saturated heterocycles. The van der Waals surface area contributed by atoms with Crippen LogP contribution in [0.4, 0.5) is 13.2 Å². The summed E-state index contributed by atoms with van der Waals surface area (Å²) in [4.78, 5) is 11.5. The van der Waals surface area contributed by atoms with Gasteiger partial charge in [-0.25, -0.2) is 0 Å². The monoisotopic (exact) mass is 270 g/mol. The van der Waals surface area contributed by atoms with E-state index in [4.69, 9.17) is 4.74 Å². The molecule has 0 aromatic heterocycles. The Hall–Kier alpha value is -1.78. The van der Waals surface area contributed by atoms with E-state index in [0.29, 0.717) is 23.5 Å². The zero-order valence-corrected chi connectivity index (χ0v) is 10.5. The van der Waals surface area contributed by atoms with E-state index in [0.717, 1.165) is 12.1 Å². The molecule has 0 bridgehead atoms. The largest absolute Gasteiger partial charge is 0.497 e. The molecule has 1 unspecified atom stereocenters. The van der Waals surface area contributed by atoms with Crippen molar-refractivity contribution in [3.05, 3.63) is 46.7 Å². The quantitative estimate of drug-likeness (QED) is 0.819. The van der Waals surface area contributed by atoms with Crippen molar-refractivity contribution in [2.45, 2.75) is 25.9 Å². The highest BCUT2D eigenvalue weighted by molar-refractivity contribution is 5.95. The molecule has 0 saturated carbocycles. The SMILES string of the molecule is CC(=O)C1=C(C)OCC1c1ccc(C(F)(F)F)cc1. The number of ether oxygens (including phenoxy) is 1. The number of hydrogen-bond donors (Lipinski definition) is 0. The predicted molar refractivity (Wildman–Crippen MR) is 63.5 cm³/mol. The van der Waals surface area contributed by atoms with Crippen molar-refractivity contribution in [2.24, 2.45) is 0 Å². The molecule has 0 radical (unpaired) electrons. The van der Waals surface area contributed by atoms with Gasteiger partial charge in [-0.05, 0) is 31.5 Å². The molecule has 0 spiro atoms. The Balaban J connectivity index is 2.31. The molecule has 1 aliphatic rings. The molecule has 0 aliphatic carbocycles. The van der Waals surface area contributed by atoms with Crippen molar-refractivity contribution in [1.29, 1.82) is 0 Å². The summed E-state index contributed by atoms with van der Waals surface area (Å²) in [6.07, 6.45) is -4.35. The van der Waals surface area contributed by atoms with Gasteiger partial charge >= 0.3 is 6.18 Å². The van der Waals surface area contributed by atoms with E-state index in [1.807, 2.05) is 0 Å². The summed E-state index contributed by atoms with van der Waals surface area (Å²) < 4.78 is 42.8. The van der Waals surface area contributed by atoms with Gasteiger partial charge in [0.15, 0.2) is 5.78 Å². The van der Waals surface area contributed by atoms with Gasteiger partial charge in [0.2, 0.25) is 0 Å². The fourth-order valence-electron chi connectivity index (χ4n) is 2.28. The Morgan fingerprint density at radius 2 is 1.84 bits per heavy atom. The van der Waals surface area contributed by atoms with Gasteiger partial charge in [0.1, 0.15) is 5.76 Å². The molecular weight excluding hydrogens is 257 g/mol. The van der Waals surface area contributed by atoms with Gasteiger partial charge < -0.3 is 4.74 Å². The Bertz CT molecular complexity index is 527. The first kappa shape index (κ1) is 13.6. The van der Waals surface area contributed by atoms with Crippen molar-refractivity contribution in [2.75, 3.05) is 6.61 Å². The second-order valence-electron chi connectivity index (χ2n) is 4.51. The lowest BCUT2D eigenvalue weighted by Gasteiger charge is -2.13. The van der Waals surface area contributed by atoms with Gasteiger partial charge in [-0.1, -0.05) is 12.1 Å². The van der Waals surface area contributed by atoms with Crippen LogP contribution in [0.1, 0.15) is 30.9 Å². The first-order chi connectivity index (χ1) is 8.80. The number of benzene rings is 1. The normalized spacial score (nSPS) is 19.5. The Kier molecular flexibility index (Phi) is 3.39. The van der Waals surface area contributed by atoms with Crippen LogP contribution in [0.3, 0.4) is 0 Å². The molecule has 1 aromatic rings.